The van der Waals surface area contributed by atoms with Gasteiger partial charge < -0.3 is 9.88 Å². The molecule has 4 nitrogen and oxygen atoms in total. The van der Waals surface area contributed by atoms with Gasteiger partial charge in [-0.25, -0.2) is 0 Å². The van der Waals surface area contributed by atoms with E-state index in [1.165, 1.54) is 30.3 Å². The monoisotopic (exact) mass is 333 g/mol. The number of halogens is 2. The Morgan fingerprint density at radius 3 is 2.57 bits per heavy atom. The van der Waals surface area contributed by atoms with Crippen LogP contribution in [0.15, 0.2) is 53.1 Å². The van der Waals surface area contributed by atoms with Crippen molar-refractivity contribution in [2.24, 2.45) is 7.05 Å². The van der Waals surface area contributed by atoms with Crippen LogP contribution in [0.2, 0.25) is 0 Å². The van der Waals surface area contributed by atoms with E-state index in [2.05, 4.69) is 5.32 Å². The molecule has 0 aliphatic carbocycles. The van der Waals surface area contributed by atoms with E-state index in [1.807, 2.05) is 6.07 Å². The molecular weight excluding hydrogens is 320 g/mol. The Labute approximate surface area is 136 Å². The summed E-state index contributed by atoms with van der Waals surface area (Å²) in [7, 11) is 1.80. The van der Waals surface area contributed by atoms with Crippen LogP contribution in [0.5, 0.6) is 0 Å². The standard InChI is InChI=1S/C16H13F2N3OS/c1-21-8-2-3-13(21)9-11(10-19)15(22)20-12-4-6-14(7-5-12)23-16(17)18/h2-9,16H,1H3,(H,20,22)/b11-9+. The second kappa shape index (κ2) is 7.61. The van der Waals surface area contributed by atoms with Crippen molar-refractivity contribution >= 4 is 29.4 Å². The van der Waals surface area contributed by atoms with Gasteiger partial charge in [-0.2, -0.15) is 14.0 Å². The van der Waals surface area contributed by atoms with Crippen molar-refractivity contribution in [2.45, 2.75) is 10.7 Å². The predicted molar refractivity (Wildman–Crippen MR) is 85.9 cm³/mol. The van der Waals surface area contributed by atoms with Crippen molar-refractivity contribution in [3.8, 4) is 6.07 Å². The van der Waals surface area contributed by atoms with E-state index in [0.717, 1.165) is 5.69 Å². The Kier molecular flexibility index (Phi) is 5.55. The summed E-state index contributed by atoms with van der Waals surface area (Å²) >= 11 is 0.429. The van der Waals surface area contributed by atoms with Gasteiger partial charge in [0.2, 0.25) is 0 Å². The molecule has 0 bridgehead atoms. The number of anilines is 1. The number of hydrogen-bond donors (Lipinski definition) is 1. The molecule has 2 rings (SSSR count). The summed E-state index contributed by atoms with van der Waals surface area (Å²) in [6.45, 7) is 0. The number of aryl methyl sites for hydroxylation is 1. The molecule has 23 heavy (non-hydrogen) atoms. The average molecular weight is 333 g/mol. The molecule has 2 aromatic rings. The number of aromatic nitrogens is 1. The van der Waals surface area contributed by atoms with Gasteiger partial charge in [0.05, 0.1) is 0 Å². The Hall–Kier alpha value is -2.59. The molecule has 1 heterocycles. The molecule has 0 aliphatic rings. The third kappa shape index (κ3) is 4.69. The topological polar surface area (TPSA) is 57.8 Å². The number of nitrogens with zero attached hydrogens (tertiary/aromatic N) is 2. The number of thioether (sulfide) groups is 1. The zero-order chi connectivity index (χ0) is 16.8. The minimum Gasteiger partial charge on any atom is -0.351 e. The molecule has 0 saturated heterocycles. The number of hydrogen-bond acceptors (Lipinski definition) is 3. The molecule has 0 radical (unpaired) electrons. The molecule has 1 aromatic heterocycles. The third-order valence-corrected chi connectivity index (χ3v) is 3.70. The molecule has 1 N–H and O–H groups in total. The van der Waals surface area contributed by atoms with E-state index < -0.39 is 11.7 Å². The van der Waals surface area contributed by atoms with E-state index in [-0.39, 0.29) is 5.57 Å². The first-order chi connectivity index (χ1) is 11.0. The van der Waals surface area contributed by atoms with Crippen LogP contribution in [-0.4, -0.2) is 16.2 Å². The SMILES string of the molecule is Cn1cccc1/C=C(\C#N)C(=O)Nc1ccc(SC(F)F)cc1. The molecule has 0 saturated carbocycles. The minimum atomic E-state index is -2.49. The lowest BCUT2D eigenvalue weighted by Crippen LogP contribution is -2.13. The molecule has 0 fully saturated rings. The maximum absolute atomic E-state index is 12.2. The number of rotatable bonds is 5. The largest absolute Gasteiger partial charge is 0.351 e. The van der Waals surface area contributed by atoms with Crippen LogP contribution in [0, 0.1) is 11.3 Å². The fourth-order valence-corrected chi connectivity index (χ4v) is 2.34. The number of amides is 1. The van der Waals surface area contributed by atoms with Crippen molar-refractivity contribution in [1.29, 1.82) is 5.26 Å². The highest BCUT2D eigenvalue weighted by molar-refractivity contribution is 7.99. The van der Waals surface area contributed by atoms with Gasteiger partial charge in [-0.05, 0) is 42.5 Å². The van der Waals surface area contributed by atoms with Crippen LogP contribution in [0.3, 0.4) is 0 Å². The maximum Gasteiger partial charge on any atom is 0.288 e. The molecule has 0 atom stereocenters. The first kappa shape index (κ1) is 16.8. The van der Waals surface area contributed by atoms with Gasteiger partial charge >= 0.3 is 0 Å². The molecule has 0 aliphatic heterocycles. The maximum atomic E-state index is 12.2. The highest BCUT2D eigenvalue weighted by Crippen LogP contribution is 2.26. The van der Waals surface area contributed by atoms with Gasteiger partial charge in [-0.15, -0.1) is 0 Å². The van der Waals surface area contributed by atoms with Gasteiger partial charge in [0.25, 0.3) is 11.7 Å². The second-order valence-electron chi connectivity index (χ2n) is 4.57. The van der Waals surface area contributed by atoms with Gasteiger partial charge in [0.1, 0.15) is 11.6 Å². The van der Waals surface area contributed by atoms with E-state index in [4.69, 9.17) is 5.26 Å². The van der Waals surface area contributed by atoms with Crippen molar-refractivity contribution in [3.05, 3.63) is 53.9 Å². The lowest BCUT2D eigenvalue weighted by Gasteiger charge is -2.06. The van der Waals surface area contributed by atoms with Gasteiger partial charge in [0.15, 0.2) is 0 Å². The van der Waals surface area contributed by atoms with Gasteiger partial charge in [0, 0.05) is 29.5 Å². The lowest BCUT2D eigenvalue weighted by molar-refractivity contribution is -0.112. The molecule has 118 valence electrons. The van der Waals surface area contributed by atoms with E-state index in [1.54, 1.807) is 29.9 Å². The number of nitriles is 1. The second-order valence-corrected chi connectivity index (χ2v) is 5.63. The number of benzene rings is 1. The van der Waals surface area contributed by atoms with Gasteiger partial charge in [-0.1, -0.05) is 11.8 Å². The van der Waals surface area contributed by atoms with E-state index in [0.29, 0.717) is 22.3 Å². The van der Waals surface area contributed by atoms with E-state index >= 15 is 0 Å². The normalized spacial score (nSPS) is 11.3. The first-order valence-electron chi connectivity index (χ1n) is 6.59. The molecule has 1 amide bonds. The Morgan fingerprint density at radius 2 is 2.04 bits per heavy atom. The fraction of sp³-hybridized carbons (Fsp3) is 0.125. The smallest absolute Gasteiger partial charge is 0.288 e. The molecule has 7 heteroatoms. The molecular formula is C16H13F2N3OS. The number of carbonyl (C=O) groups is 1. The van der Waals surface area contributed by atoms with Crippen molar-refractivity contribution in [1.82, 2.24) is 4.57 Å². The minimum absolute atomic E-state index is 0.0437. The zero-order valence-corrected chi connectivity index (χ0v) is 13.0. The fourth-order valence-electron chi connectivity index (χ4n) is 1.84. The first-order valence-corrected chi connectivity index (χ1v) is 7.47. The lowest BCUT2D eigenvalue weighted by atomic mass is 10.2. The highest BCUT2D eigenvalue weighted by atomic mass is 32.2. The Morgan fingerprint density at radius 1 is 1.35 bits per heavy atom. The van der Waals surface area contributed by atoms with Crippen LogP contribution in [-0.2, 0) is 11.8 Å². The van der Waals surface area contributed by atoms with Crippen LogP contribution >= 0.6 is 11.8 Å². The molecule has 0 unspecified atom stereocenters. The summed E-state index contributed by atoms with van der Waals surface area (Å²) < 4.78 is 26.3. The third-order valence-electron chi connectivity index (χ3n) is 2.98. The summed E-state index contributed by atoms with van der Waals surface area (Å²) in [5.74, 6) is -3.04. The van der Waals surface area contributed by atoms with Crippen molar-refractivity contribution in [3.63, 3.8) is 0 Å². The Bertz CT molecular complexity index is 760. The van der Waals surface area contributed by atoms with Crippen LogP contribution < -0.4 is 5.32 Å². The molecule has 1 aromatic carbocycles. The van der Waals surface area contributed by atoms with Crippen molar-refractivity contribution in [2.75, 3.05) is 5.32 Å². The zero-order valence-electron chi connectivity index (χ0n) is 12.2. The quantitative estimate of drug-likeness (QED) is 0.513. The van der Waals surface area contributed by atoms with E-state index in [9.17, 15) is 13.6 Å². The van der Waals surface area contributed by atoms with Crippen LogP contribution in [0.4, 0.5) is 14.5 Å². The Balaban J connectivity index is 2.10. The van der Waals surface area contributed by atoms with Crippen LogP contribution in [0.25, 0.3) is 6.08 Å². The summed E-state index contributed by atoms with van der Waals surface area (Å²) in [5, 5.41) is 11.7. The van der Waals surface area contributed by atoms with Crippen LogP contribution in [0.1, 0.15) is 5.69 Å². The average Bonchev–Trinajstić information content (AvgIpc) is 2.91. The summed E-state index contributed by atoms with van der Waals surface area (Å²) in [5.41, 5.74) is 1.11. The number of alkyl halides is 2. The number of nitrogens with one attached hydrogen (secondary N) is 1. The summed E-state index contributed by atoms with van der Waals surface area (Å²) in [4.78, 5) is 12.5. The molecule has 0 spiro atoms. The predicted octanol–water partition coefficient (Wildman–Crippen LogP) is 3.89. The van der Waals surface area contributed by atoms with Gasteiger partial charge in [-0.3, -0.25) is 4.79 Å². The summed E-state index contributed by atoms with van der Waals surface area (Å²) in [6, 6.07) is 11.4. The summed E-state index contributed by atoms with van der Waals surface area (Å²) in [6.07, 6.45) is 3.29. The highest BCUT2D eigenvalue weighted by Gasteiger charge is 2.11. The van der Waals surface area contributed by atoms with Crippen molar-refractivity contribution < 1.29 is 13.6 Å². The number of carbonyl (C=O) groups excluding carboxylic acids is 1.